The molecule has 12 heteroatoms. The normalized spacial score (nSPS) is 40.6. The number of allylic oxidation sites excluding steroid dienone is 3. The van der Waals surface area contributed by atoms with Crippen LogP contribution in [0.4, 0.5) is 0 Å². The molecule has 318 valence electrons. The molecule has 0 radical (unpaired) electrons. The van der Waals surface area contributed by atoms with Crippen LogP contribution in [0.3, 0.4) is 0 Å². The molecule has 56 heavy (non-hydrogen) atoms. The topological polar surface area (TPSA) is 169 Å². The summed E-state index contributed by atoms with van der Waals surface area (Å²) in [6.07, 6.45) is 5.83. The van der Waals surface area contributed by atoms with Crippen molar-refractivity contribution < 1.29 is 53.4 Å². The molecular weight excluding hydrogens is 718 g/mol. The maximum absolute atomic E-state index is 14.3. The maximum Gasteiger partial charge on any atom is 0.329 e. The van der Waals surface area contributed by atoms with E-state index in [-0.39, 0.29) is 54.9 Å². The Morgan fingerprint density at radius 1 is 0.929 bits per heavy atom. The van der Waals surface area contributed by atoms with E-state index in [0.717, 1.165) is 12.8 Å². The number of ether oxygens (including phenoxy) is 4. The van der Waals surface area contributed by atoms with Crippen molar-refractivity contribution in [2.45, 2.75) is 174 Å². The number of fused-ring (bicyclic) bond motifs is 3. The van der Waals surface area contributed by atoms with Crippen molar-refractivity contribution in [1.29, 1.82) is 0 Å². The van der Waals surface area contributed by atoms with Gasteiger partial charge in [0.25, 0.3) is 11.7 Å². The lowest BCUT2D eigenvalue weighted by Gasteiger charge is -2.47. The summed E-state index contributed by atoms with van der Waals surface area (Å²) in [5, 5.41) is 34.1. The minimum atomic E-state index is -2.42. The number of cyclic esters (lactones) is 1. The lowest BCUT2D eigenvalue weighted by atomic mass is 9.76. The summed E-state index contributed by atoms with van der Waals surface area (Å²) in [7, 11) is 3.16. The lowest BCUT2D eigenvalue weighted by Crippen LogP contribution is -2.63. The van der Waals surface area contributed by atoms with Gasteiger partial charge in [-0.1, -0.05) is 60.1 Å². The van der Waals surface area contributed by atoms with Crippen molar-refractivity contribution in [3.05, 3.63) is 23.3 Å². The monoisotopic (exact) mass is 790 g/mol. The summed E-state index contributed by atoms with van der Waals surface area (Å²) in [6, 6.07) is -1.11. The Kier molecular flexibility index (Phi) is 16.9. The number of carbonyl (C=O) groups is 4. The van der Waals surface area contributed by atoms with Crippen LogP contribution in [0.2, 0.25) is 0 Å². The van der Waals surface area contributed by atoms with Crippen LogP contribution in [0.1, 0.15) is 126 Å². The van der Waals surface area contributed by atoms with Crippen molar-refractivity contribution in [3.63, 3.8) is 0 Å². The molecular formula is C44H71NO11. The molecule has 14 atom stereocenters. The van der Waals surface area contributed by atoms with Crippen molar-refractivity contribution in [3.8, 4) is 0 Å². The highest BCUT2D eigenvalue weighted by Gasteiger charge is 2.56. The number of carbonyl (C=O) groups excluding carboxylic acids is 4. The number of aliphatic hydroxyl groups is 3. The predicted octanol–water partition coefficient (Wildman–Crippen LogP) is 5.48. The summed E-state index contributed by atoms with van der Waals surface area (Å²) in [6.45, 7) is 13.5. The van der Waals surface area contributed by atoms with Crippen LogP contribution in [0.15, 0.2) is 23.3 Å². The quantitative estimate of drug-likeness (QED) is 0.177. The zero-order valence-corrected chi connectivity index (χ0v) is 35.4. The Bertz CT molecular complexity index is 1430. The number of hydrogen-bond donors (Lipinski definition) is 3. The Morgan fingerprint density at radius 2 is 1.62 bits per heavy atom. The number of Topliss-reactive ketones (excluding diaryl/α,β-unsaturated/α-hetero) is 2. The lowest BCUT2D eigenvalue weighted by molar-refractivity contribution is -0.292. The predicted molar refractivity (Wildman–Crippen MR) is 211 cm³/mol. The van der Waals surface area contributed by atoms with E-state index < -0.39 is 71.8 Å². The van der Waals surface area contributed by atoms with E-state index in [4.69, 9.17) is 18.9 Å². The number of nitrogens with zero attached hydrogens (tertiary/aromatic N) is 1. The first-order chi connectivity index (χ1) is 26.5. The van der Waals surface area contributed by atoms with E-state index in [1.165, 1.54) is 4.90 Å². The van der Waals surface area contributed by atoms with E-state index in [9.17, 15) is 34.5 Å². The number of amides is 1. The smallest absolute Gasteiger partial charge is 0.329 e. The van der Waals surface area contributed by atoms with Gasteiger partial charge < -0.3 is 39.2 Å². The first-order valence-electron chi connectivity index (χ1n) is 21.3. The van der Waals surface area contributed by atoms with E-state index in [0.29, 0.717) is 62.5 Å². The van der Waals surface area contributed by atoms with Crippen molar-refractivity contribution >= 4 is 23.4 Å². The zero-order valence-electron chi connectivity index (χ0n) is 35.4. The first kappa shape index (κ1) is 46.2. The average molecular weight is 790 g/mol. The van der Waals surface area contributed by atoms with Gasteiger partial charge in [0.2, 0.25) is 5.79 Å². The van der Waals surface area contributed by atoms with Crippen LogP contribution >= 0.6 is 0 Å². The van der Waals surface area contributed by atoms with E-state index in [2.05, 4.69) is 13.8 Å². The van der Waals surface area contributed by atoms with Gasteiger partial charge in [0.15, 0.2) is 5.78 Å². The fraction of sp³-hybridized carbons (Fsp3) is 0.818. The standard InChI is InChI=1S/C44H71NO11/c1-10-31-19-25(3)18-26(4)20-38(54-9)40-32(11-2)22-28(6)44(52,56-40)41(49)42(50)45-17-13-12-14-33(45)43(51)55-39(29(7)35(47)24-36(31)48)27(5)21-30-15-16-34(46)37(23-30)53-8/h19,21,25-26,28-30,32-35,37-40,46-47,52H,10-18,20,22-24H2,1-9H3/t25?,26-,28+,29+,30-,32-,33?,34+,35-,37+,38-,39+,40-,44+/m0/s1. The van der Waals surface area contributed by atoms with Crippen LogP contribution in [0.25, 0.3) is 0 Å². The number of hydrogen-bond acceptors (Lipinski definition) is 11. The molecule has 3 N–H and O–H groups in total. The van der Waals surface area contributed by atoms with E-state index in [1.54, 1.807) is 28.1 Å². The number of piperidine rings is 1. The summed E-state index contributed by atoms with van der Waals surface area (Å²) in [4.78, 5) is 57.8. The number of methoxy groups -OCH3 is 2. The fourth-order valence-electron chi connectivity index (χ4n) is 9.78. The summed E-state index contributed by atoms with van der Waals surface area (Å²) >= 11 is 0. The Labute approximate surface area is 334 Å². The molecule has 0 aromatic rings. The summed E-state index contributed by atoms with van der Waals surface area (Å²) < 4.78 is 24.2. The molecule has 3 heterocycles. The second-order valence-electron chi connectivity index (χ2n) is 17.5. The molecule has 0 aromatic heterocycles. The van der Waals surface area contributed by atoms with Crippen molar-refractivity contribution in [2.75, 3.05) is 20.8 Å². The molecule has 3 fully saturated rings. The largest absolute Gasteiger partial charge is 0.456 e. The van der Waals surface area contributed by atoms with Crippen LogP contribution in [-0.2, 0) is 38.1 Å². The van der Waals surface area contributed by atoms with E-state index in [1.807, 2.05) is 32.9 Å². The Balaban J connectivity index is 1.76. The van der Waals surface area contributed by atoms with Gasteiger partial charge in [0, 0.05) is 39.0 Å². The van der Waals surface area contributed by atoms with Gasteiger partial charge >= 0.3 is 5.97 Å². The molecule has 0 spiro atoms. The van der Waals surface area contributed by atoms with E-state index >= 15 is 0 Å². The molecule has 2 unspecified atom stereocenters. The number of aliphatic hydroxyl groups excluding tert-OH is 2. The second-order valence-corrected chi connectivity index (χ2v) is 17.5. The van der Waals surface area contributed by atoms with Gasteiger partial charge in [0.1, 0.15) is 12.1 Å². The number of rotatable bonds is 6. The van der Waals surface area contributed by atoms with Crippen LogP contribution < -0.4 is 0 Å². The van der Waals surface area contributed by atoms with Crippen LogP contribution in [-0.4, -0.2) is 113 Å². The second kappa shape index (κ2) is 20.5. The molecule has 1 saturated carbocycles. The van der Waals surface area contributed by atoms with Gasteiger partial charge in [-0.05, 0) is 106 Å². The molecule has 1 amide bonds. The minimum absolute atomic E-state index is 0.00844. The first-order valence-corrected chi connectivity index (χ1v) is 21.3. The van der Waals surface area contributed by atoms with Gasteiger partial charge in [-0.3, -0.25) is 14.4 Å². The highest BCUT2D eigenvalue weighted by Crippen LogP contribution is 2.42. The van der Waals surface area contributed by atoms with Gasteiger partial charge in [-0.25, -0.2) is 4.79 Å². The molecule has 3 aliphatic heterocycles. The molecule has 2 bridgehead atoms. The number of esters is 1. The van der Waals surface area contributed by atoms with Crippen molar-refractivity contribution in [2.24, 2.45) is 35.5 Å². The zero-order chi connectivity index (χ0) is 41.5. The van der Waals surface area contributed by atoms with Crippen molar-refractivity contribution in [1.82, 2.24) is 4.90 Å². The number of ketones is 2. The average Bonchev–Trinajstić information content (AvgIpc) is 3.18. The maximum atomic E-state index is 14.3. The third-order valence-electron chi connectivity index (χ3n) is 13.3. The minimum Gasteiger partial charge on any atom is -0.456 e. The molecule has 2 saturated heterocycles. The third-order valence-corrected chi connectivity index (χ3v) is 13.3. The molecule has 4 rings (SSSR count). The Morgan fingerprint density at radius 3 is 2.27 bits per heavy atom. The molecule has 1 aliphatic carbocycles. The van der Waals surface area contributed by atoms with Crippen LogP contribution in [0.5, 0.6) is 0 Å². The molecule has 0 aromatic carbocycles. The SMILES string of the molecule is CCC1=CC(C)C[C@H](C)C[C@H](OC)[C@H]2O[C@@](O)(C(=O)C(=O)N3CCCCC3C(=O)O[C@H](C(C)=C[C@@H]3CC[C@@H](O)[C@H](OC)C3)[C@H](C)[C@@H](O)CC1=O)[C@H](C)C[C@@H]2CC. The van der Waals surface area contributed by atoms with Gasteiger partial charge in [-0.15, -0.1) is 0 Å². The molecule has 12 nitrogen and oxygen atoms in total. The summed E-state index contributed by atoms with van der Waals surface area (Å²) in [5.74, 6) is -6.70. The third kappa shape index (κ3) is 10.8. The van der Waals surface area contributed by atoms with Gasteiger partial charge in [0.05, 0.1) is 30.5 Å². The van der Waals surface area contributed by atoms with Gasteiger partial charge in [-0.2, -0.15) is 0 Å². The highest BCUT2D eigenvalue weighted by atomic mass is 16.7. The fourth-order valence-corrected chi connectivity index (χ4v) is 9.78. The van der Waals surface area contributed by atoms with Crippen LogP contribution in [0, 0.1) is 35.5 Å². The Hall–Kier alpha value is -2.48. The highest BCUT2D eigenvalue weighted by molar-refractivity contribution is 6.39. The summed E-state index contributed by atoms with van der Waals surface area (Å²) in [5.41, 5.74) is 1.31. The molecule has 4 aliphatic rings.